The maximum Gasteiger partial charge on any atom is 0.214 e. The van der Waals surface area contributed by atoms with E-state index in [1.54, 1.807) is 47.1 Å². The van der Waals surface area contributed by atoms with Gasteiger partial charge in [-0.3, -0.25) is 9.89 Å². The van der Waals surface area contributed by atoms with E-state index in [-0.39, 0.29) is 12.2 Å². The van der Waals surface area contributed by atoms with Gasteiger partial charge in [-0.2, -0.15) is 10.5 Å². The fourth-order valence-electron chi connectivity index (χ4n) is 4.29. The van der Waals surface area contributed by atoms with Crippen LogP contribution in [0.25, 0.3) is 27.6 Å². The smallest absolute Gasteiger partial charge is 0.214 e. The molecule has 0 fully saturated rings. The van der Waals surface area contributed by atoms with Gasteiger partial charge in [-0.1, -0.05) is 18.2 Å². The number of benzene rings is 3. The Morgan fingerprint density at radius 3 is 2.74 bits per heavy atom. The Labute approximate surface area is 198 Å². The molecule has 166 valence electrons. The minimum atomic E-state index is -0.199. The molecule has 2 N–H and O–H groups in total. The first-order chi connectivity index (χ1) is 17.1. The average molecular weight is 456 g/mol. The molecule has 0 saturated carbocycles. The average Bonchev–Trinajstić information content (AvgIpc) is 3.57. The number of nitrogens with zero attached hydrogens (tertiary/aromatic N) is 4. The molecule has 3 aromatic heterocycles. The topological polar surface area (TPSA) is 123 Å². The molecule has 0 radical (unpaired) electrons. The van der Waals surface area contributed by atoms with Crippen molar-refractivity contribution >= 4 is 33.4 Å². The van der Waals surface area contributed by atoms with Gasteiger partial charge in [0.2, 0.25) is 5.78 Å². The van der Waals surface area contributed by atoms with Crippen LogP contribution in [0.5, 0.6) is 11.5 Å². The van der Waals surface area contributed by atoms with Gasteiger partial charge >= 0.3 is 0 Å². The number of nitriles is 2. The molecule has 6 rings (SSSR count). The van der Waals surface area contributed by atoms with E-state index in [9.17, 15) is 4.79 Å². The highest BCUT2D eigenvalue weighted by atomic mass is 16.5. The van der Waals surface area contributed by atoms with Gasteiger partial charge in [0.05, 0.1) is 46.4 Å². The maximum absolute atomic E-state index is 13.4. The molecular formula is C27H16N6O2. The molecule has 0 aliphatic rings. The van der Waals surface area contributed by atoms with Crippen LogP contribution < -0.4 is 4.74 Å². The number of carbonyl (C=O) groups is 1. The summed E-state index contributed by atoms with van der Waals surface area (Å²) in [5.41, 5.74) is 5.02. The number of hydrogen-bond donors (Lipinski definition) is 2. The molecule has 35 heavy (non-hydrogen) atoms. The number of ether oxygens (including phenoxy) is 1. The summed E-state index contributed by atoms with van der Waals surface area (Å²) < 4.78 is 7.66. The fourth-order valence-corrected chi connectivity index (χ4v) is 4.29. The van der Waals surface area contributed by atoms with Crippen LogP contribution in [0.1, 0.15) is 27.2 Å². The normalized spacial score (nSPS) is 11.0. The summed E-state index contributed by atoms with van der Waals surface area (Å²) in [5.74, 6) is 0.927. The molecule has 6 aromatic rings. The molecule has 3 aromatic carbocycles. The molecule has 0 aliphatic carbocycles. The number of aromatic nitrogens is 4. The molecule has 0 atom stereocenters. The summed E-state index contributed by atoms with van der Waals surface area (Å²) in [6, 6.07) is 24.1. The lowest BCUT2D eigenvalue weighted by Gasteiger charge is -2.05. The van der Waals surface area contributed by atoms with E-state index < -0.39 is 0 Å². The van der Waals surface area contributed by atoms with E-state index in [4.69, 9.17) is 15.3 Å². The van der Waals surface area contributed by atoms with E-state index in [0.29, 0.717) is 39.5 Å². The molecule has 0 aliphatic heterocycles. The molecule has 3 heterocycles. The van der Waals surface area contributed by atoms with Gasteiger partial charge in [-0.25, -0.2) is 9.50 Å². The Bertz CT molecular complexity index is 1860. The van der Waals surface area contributed by atoms with Crippen molar-refractivity contribution in [3.8, 4) is 23.6 Å². The second-order valence-electron chi connectivity index (χ2n) is 8.08. The number of imidazole rings is 1. The van der Waals surface area contributed by atoms with E-state index >= 15 is 0 Å². The highest BCUT2D eigenvalue weighted by Gasteiger charge is 2.20. The van der Waals surface area contributed by atoms with Crippen LogP contribution in [0.15, 0.2) is 72.9 Å². The van der Waals surface area contributed by atoms with Crippen molar-refractivity contribution in [3.05, 3.63) is 95.3 Å². The Morgan fingerprint density at radius 1 is 1.03 bits per heavy atom. The number of carbonyl (C=O) groups excluding carboxylic acids is 1. The molecular weight excluding hydrogens is 440 g/mol. The number of fused-ring (bicyclic) bond motifs is 4. The van der Waals surface area contributed by atoms with Crippen molar-refractivity contribution in [1.29, 1.82) is 10.5 Å². The van der Waals surface area contributed by atoms with Crippen molar-refractivity contribution in [2.45, 2.75) is 6.42 Å². The van der Waals surface area contributed by atoms with Crippen LogP contribution in [0, 0.1) is 22.7 Å². The summed E-state index contributed by atoms with van der Waals surface area (Å²) >= 11 is 0. The molecule has 0 saturated heterocycles. The van der Waals surface area contributed by atoms with Crippen molar-refractivity contribution in [2.24, 2.45) is 0 Å². The van der Waals surface area contributed by atoms with Gasteiger partial charge < -0.3 is 9.72 Å². The first-order valence-electron chi connectivity index (χ1n) is 10.8. The van der Waals surface area contributed by atoms with Gasteiger partial charge in [0.1, 0.15) is 11.5 Å². The third kappa shape index (κ3) is 3.38. The second-order valence-corrected chi connectivity index (χ2v) is 8.08. The number of rotatable bonds is 5. The first-order valence-corrected chi connectivity index (χ1v) is 10.8. The zero-order chi connectivity index (χ0) is 23.9. The van der Waals surface area contributed by atoms with Gasteiger partial charge in [-0.15, -0.1) is 0 Å². The van der Waals surface area contributed by atoms with E-state index in [0.717, 1.165) is 22.0 Å². The first kappa shape index (κ1) is 20.3. The summed E-state index contributed by atoms with van der Waals surface area (Å²) in [7, 11) is 0. The zero-order valence-electron chi connectivity index (χ0n) is 18.2. The number of H-pyrrole nitrogens is 2. The highest BCUT2D eigenvalue weighted by molar-refractivity contribution is 6.14. The summed E-state index contributed by atoms with van der Waals surface area (Å²) in [5, 5.41) is 22.2. The molecule has 8 nitrogen and oxygen atoms in total. The van der Waals surface area contributed by atoms with Gasteiger partial charge in [0.25, 0.3) is 0 Å². The molecule has 0 unspecified atom stereocenters. The monoisotopic (exact) mass is 456 g/mol. The van der Waals surface area contributed by atoms with E-state index in [1.807, 2.05) is 30.3 Å². The van der Waals surface area contributed by atoms with Crippen LogP contribution in [0.3, 0.4) is 0 Å². The van der Waals surface area contributed by atoms with Crippen LogP contribution in [0.4, 0.5) is 0 Å². The largest absolute Gasteiger partial charge is 0.457 e. The lowest BCUT2D eigenvalue weighted by molar-refractivity contribution is 0.103. The maximum atomic E-state index is 13.4. The Balaban J connectivity index is 1.37. The Kier molecular flexibility index (Phi) is 4.58. The van der Waals surface area contributed by atoms with Crippen LogP contribution in [-0.4, -0.2) is 25.4 Å². The lowest BCUT2D eigenvalue weighted by atomic mass is 10.1. The van der Waals surface area contributed by atoms with Crippen molar-refractivity contribution in [3.63, 3.8) is 0 Å². The van der Waals surface area contributed by atoms with E-state index in [1.165, 1.54) is 0 Å². The Hall–Kier alpha value is -5.34. The molecule has 0 amide bonds. The molecule has 0 bridgehead atoms. The van der Waals surface area contributed by atoms with Crippen LogP contribution in [-0.2, 0) is 6.42 Å². The van der Waals surface area contributed by atoms with Gasteiger partial charge in [0.15, 0.2) is 5.65 Å². The lowest BCUT2D eigenvalue weighted by Crippen LogP contribution is -2.01. The zero-order valence-corrected chi connectivity index (χ0v) is 18.2. The minimum absolute atomic E-state index is 0.199. The van der Waals surface area contributed by atoms with Crippen molar-refractivity contribution in [2.75, 3.05) is 0 Å². The molecule has 8 heteroatoms. The summed E-state index contributed by atoms with van der Waals surface area (Å²) in [4.78, 5) is 21.2. The third-order valence-corrected chi connectivity index (χ3v) is 5.92. The van der Waals surface area contributed by atoms with Crippen molar-refractivity contribution in [1.82, 2.24) is 19.6 Å². The standard InChI is InChI=1S/C27H16N6O2/c28-10-9-17-4-2-6-22-20(17)13-24(31-22)26(34)21-15-30-33-25-8-7-19(12-23(25)32-27(21)33)35-18-5-1-3-16(11-18)14-29/h1-8,11-13,15,30-31H,9H2. The van der Waals surface area contributed by atoms with E-state index in [2.05, 4.69) is 27.2 Å². The predicted molar refractivity (Wildman–Crippen MR) is 129 cm³/mol. The minimum Gasteiger partial charge on any atom is -0.457 e. The summed E-state index contributed by atoms with van der Waals surface area (Å²) in [6.07, 6.45) is 1.91. The number of hydrogen-bond acceptors (Lipinski definition) is 5. The predicted octanol–water partition coefficient (Wildman–Crippen LogP) is 5.26. The number of ketones is 1. The Morgan fingerprint density at radius 2 is 1.89 bits per heavy atom. The number of aromatic amines is 2. The van der Waals surface area contributed by atoms with Gasteiger partial charge in [0, 0.05) is 23.2 Å². The van der Waals surface area contributed by atoms with Crippen LogP contribution in [0.2, 0.25) is 0 Å². The second kappa shape index (κ2) is 7.91. The molecule has 0 spiro atoms. The third-order valence-electron chi connectivity index (χ3n) is 5.92. The SMILES string of the molecule is N#CCc1cccc2[nH]c(C(=O)c3c[nH]n4c3nc3cc(Oc5cccc(C#N)c5)ccc34)cc12. The fraction of sp³-hybridized carbons (Fsp3) is 0.0370. The highest BCUT2D eigenvalue weighted by Crippen LogP contribution is 2.29. The van der Waals surface area contributed by atoms with Crippen molar-refractivity contribution < 1.29 is 9.53 Å². The quantitative estimate of drug-likeness (QED) is 0.343. The van der Waals surface area contributed by atoms with Gasteiger partial charge in [-0.05, 0) is 48.0 Å². The number of nitrogens with one attached hydrogen (secondary N) is 2. The summed E-state index contributed by atoms with van der Waals surface area (Å²) in [6.45, 7) is 0. The van der Waals surface area contributed by atoms with Crippen LogP contribution >= 0.6 is 0 Å².